The topological polar surface area (TPSA) is 80.9 Å². The molecule has 0 saturated carbocycles. The Hall–Kier alpha value is -1.95. The first-order valence-electron chi connectivity index (χ1n) is 3.93. The van der Waals surface area contributed by atoms with Crippen molar-refractivity contribution in [2.75, 3.05) is 0 Å². The zero-order valence-corrected chi connectivity index (χ0v) is 8.09. The molecule has 0 bridgehead atoms. The lowest BCUT2D eigenvalue weighted by Gasteiger charge is -1.99. The van der Waals surface area contributed by atoms with Crippen molar-refractivity contribution in [1.29, 1.82) is 0 Å². The predicted octanol–water partition coefficient (Wildman–Crippen LogP) is 1.01. The second-order valence-corrected chi connectivity index (χ2v) is 3.01. The lowest BCUT2D eigenvalue weighted by molar-refractivity contribution is 0.0697. The van der Waals surface area contributed by atoms with Gasteiger partial charge in [0, 0.05) is 18.6 Å². The molecule has 2 aromatic rings. The van der Waals surface area contributed by atoms with Crippen LogP contribution < -0.4 is 0 Å². The maximum atomic E-state index is 10.6. The Morgan fingerprint density at radius 1 is 1.40 bits per heavy atom. The van der Waals surface area contributed by atoms with Gasteiger partial charge in [0.1, 0.15) is 0 Å². The third-order valence-electron chi connectivity index (χ3n) is 1.68. The van der Waals surface area contributed by atoms with Crippen molar-refractivity contribution in [2.24, 2.45) is 0 Å². The number of hydrogen-bond donors (Lipinski definition) is 1. The third-order valence-corrected chi connectivity index (χ3v) is 1.95. The van der Waals surface area contributed by atoms with Gasteiger partial charge < -0.3 is 5.11 Å². The van der Waals surface area contributed by atoms with E-state index in [-0.39, 0.29) is 10.7 Å². The number of carboxylic acid groups (broad SMARTS) is 1. The minimum Gasteiger partial charge on any atom is -0.478 e. The van der Waals surface area contributed by atoms with Gasteiger partial charge >= 0.3 is 5.97 Å². The molecular weight excluding hydrogens is 220 g/mol. The van der Waals surface area contributed by atoms with E-state index in [0.717, 1.165) is 0 Å². The van der Waals surface area contributed by atoms with Crippen molar-refractivity contribution in [3.05, 3.63) is 35.5 Å². The molecule has 0 aliphatic heterocycles. The molecule has 1 N–H and O–H groups in total. The molecule has 0 aliphatic rings. The highest BCUT2D eigenvalue weighted by atomic mass is 35.5. The van der Waals surface area contributed by atoms with Crippen molar-refractivity contribution in [3.8, 4) is 5.82 Å². The number of hydrogen-bond acceptors (Lipinski definition) is 4. The average Bonchev–Trinajstić information content (AvgIpc) is 2.67. The van der Waals surface area contributed by atoms with Gasteiger partial charge in [0.2, 0.25) is 0 Å². The summed E-state index contributed by atoms with van der Waals surface area (Å²) in [5.41, 5.74) is 0.0664. The fraction of sp³-hybridized carbons (Fsp3) is 0. The Morgan fingerprint density at radius 3 is 2.73 bits per heavy atom. The molecule has 2 rings (SSSR count). The van der Waals surface area contributed by atoms with Gasteiger partial charge in [-0.25, -0.2) is 19.4 Å². The van der Waals surface area contributed by atoms with E-state index in [0.29, 0.717) is 5.82 Å². The van der Waals surface area contributed by atoms with E-state index in [9.17, 15) is 4.79 Å². The van der Waals surface area contributed by atoms with Crippen molar-refractivity contribution in [3.63, 3.8) is 0 Å². The van der Waals surface area contributed by atoms with Crippen LogP contribution in [-0.2, 0) is 0 Å². The molecule has 0 spiro atoms. The Balaban J connectivity index is 2.46. The normalized spacial score (nSPS) is 10.2. The summed E-state index contributed by atoms with van der Waals surface area (Å²) in [4.78, 5) is 18.3. The number of carboxylic acids is 1. The Labute approximate surface area is 89.2 Å². The minimum atomic E-state index is -1.05. The number of aromatic carboxylic acids is 1. The summed E-state index contributed by atoms with van der Waals surface area (Å²) in [6.07, 6.45) is 5.42. The Kier molecular flexibility index (Phi) is 2.34. The number of rotatable bonds is 2. The van der Waals surface area contributed by atoms with Gasteiger partial charge in [0.05, 0.1) is 11.8 Å². The molecule has 0 fully saturated rings. The first-order valence-corrected chi connectivity index (χ1v) is 4.31. The van der Waals surface area contributed by atoms with E-state index >= 15 is 0 Å². The van der Waals surface area contributed by atoms with Crippen LogP contribution in [-0.4, -0.2) is 30.8 Å². The van der Waals surface area contributed by atoms with Gasteiger partial charge in [-0.1, -0.05) is 11.6 Å². The molecule has 0 amide bonds. The highest BCUT2D eigenvalue weighted by Crippen LogP contribution is 2.13. The predicted molar refractivity (Wildman–Crippen MR) is 51.1 cm³/mol. The molecule has 0 unspecified atom stereocenters. The molecule has 6 nitrogen and oxygen atoms in total. The van der Waals surface area contributed by atoms with Crippen LogP contribution in [0.5, 0.6) is 0 Å². The van der Waals surface area contributed by atoms with Crippen molar-refractivity contribution in [1.82, 2.24) is 19.7 Å². The van der Waals surface area contributed by atoms with Crippen LogP contribution in [0.4, 0.5) is 0 Å². The number of nitrogens with zero attached hydrogens (tertiary/aromatic N) is 4. The molecule has 0 radical (unpaired) electrons. The van der Waals surface area contributed by atoms with Crippen LogP contribution in [0, 0.1) is 0 Å². The Morgan fingerprint density at radius 2 is 2.13 bits per heavy atom. The van der Waals surface area contributed by atoms with Crippen molar-refractivity contribution in [2.45, 2.75) is 0 Å². The summed E-state index contributed by atoms with van der Waals surface area (Å²) in [7, 11) is 0. The van der Waals surface area contributed by atoms with E-state index in [2.05, 4.69) is 15.1 Å². The second-order valence-electron chi connectivity index (χ2n) is 2.65. The average molecular weight is 225 g/mol. The van der Waals surface area contributed by atoms with Gasteiger partial charge in [-0.05, 0) is 0 Å². The van der Waals surface area contributed by atoms with Gasteiger partial charge in [-0.2, -0.15) is 5.10 Å². The van der Waals surface area contributed by atoms with Crippen LogP contribution >= 0.6 is 11.6 Å². The molecule has 0 saturated heterocycles. The number of aromatic nitrogens is 4. The van der Waals surface area contributed by atoms with Crippen LogP contribution in [0.3, 0.4) is 0 Å². The zero-order chi connectivity index (χ0) is 10.8. The van der Waals surface area contributed by atoms with Gasteiger partial charge in [0.15, 0.2) is 11.0 Å². The lowest BCUT2D eigenvalue weighted by atomic mass is 10.4. The van der Waals surface area contributed by atoms with E-state index in [1.807, 2.05) is 0 Å². The largest absolute Gasteiger partial charge is 0.478 e. The molecule has 2 heterocycles. The second kappa shape index (κ2) is 3.66. The number of carbonyl (C=O) groups is 1. The highest BCUT2D eigenvalue weighted by molar-refractivity contribution is 6.30. The van der Waals surface area contributed by atoms with Crippen molar-refractivity contribution < 1.29 is 9.90 Å². The maximum Gasteiger partial charge on any atom is 0.338 e. The quantitative estimate of drug-likeness (QED) is 0.824. The molecule has 2 aromatic heterocycles. The summed E-state index contributed by atoms with van der Waals surface area (Å²) in [5, 5.41) is 12.7. The highest BCUT2D eigenvalue weighted by Gasteiger charge is 2.10. The minimum absolute atomic E-state index is 0.0664. The molecule has 0 atom stereocenters. The summed E-state index contributed by atoms with van der Waals surface area (Å²) in [6.45, 7) is 0. The van der Waals surface area contributed by atoms with Crippen molar-refractivity contribution >= 4 is 17.6 Å². The first kappa shape index (κ1) is 9.60. The third kappa shape index (κ3) is 1.79. The molecule has 7 heteroatoms. The SMILES string of the molecule is O=C(O)c1cnn(-c2nccnc2Cl)c1. The summed E-state index contributed by atoms with van der Waals surface area (Å²) in [6, 6.07) is 0. The van der Waals surface area contributed by atoms with Gasteiger partial charge in [-0.15, -0.1) is 0 Å². The molecule has 76 valence electrons. The molecule has 0 aliphatic carbocycles. The fourth-order valence-corrected chi connectivity index (χ4v) is 1.21. The molecule has 0 aromatic carbocycles. The van der Waals surface area contributed by atoms with E-state index in [4.69, 9.17) is 16.7 Å². The molecule has 15 heavy (non-hydrogen) atoms. The van der Waals surface area contributed by atoms with E-state index in [1.54, 1.807) is 0 Å². The Bertz CT molecular complexity index is 511. The monoisotopic (exact) mass is 224 g/mol. The summed E-state index contributed by atoms with van der Waals surface area (Å²) < 4.78 is 1.26. The van der Waals surface area contributed by atoms with E-state index in [1.165, 1.54) is 29.5 Å². The lowest BCUT2D eigenvalue weighted by Crippen LogP contribution is -2.00. The van der Waals surface area contributed by atoms with Crippen LogP contribution in [0.2, 0.25) is 5.15 Å². The van der Waals surface area contributed by atoms with Gasteiger partial charge in [-0.3, -0.25) is 0 Å². The first-order chi connectivity index (χ1) is 7.18. The standard InChI is InChI=1S/C8H5ClN4O2/c9-6-7(11-2-1-10-6)13-4-5(3-12-13)8(14)15/h1-4H,(H,14,15). The van der Waals surface area contributed by atoms with E-state index < -0.39 is 5.97 Å². The molecular formula is C8H5ClN4O2. The van der Waals surface area contributed by atoms with Gasteiger partial charge in [0.25, 0.3) is 0 Å². The summed E-state index contributed by atoms with van der Waals surface area (Å²) >= 11 is 5.77. The maximum absolute atomic E-state index is 10.6. The summed E-state index contributed by atoms with van der Waals surface area (Å²) in [5.74, 6) is -0.757. The van der Waals surface area contributed by atoms with Crippen LogP contribution in [0.15, 0.2) is 24.8 Å². The van der Waals surface area contributed by atoms with Crippen LogP contribution in [0.25, 0.3) is 5.82 Å². The number of halogens is 1. The zero-order valence-electron chi connectivity index (χ0n) is 7.33. The smallest absolute Gasteiger partial charge is 0.338 e. The van der Waals surface area contributed by atoms with Crippen LogP contribution in [0.1, 0.15) is 10.4 Å². The fourth-order valence-electron chi connectivity index (χ4n) is 1.02.